The van der Waals surface area contributed by atoms with Crippen LogP contribution in [0.15, 0.2) is 4.34 Å². The molecule has 0 aliphatic rings. The van der Waals surface area contributed by atoms with Crippen LogP contribution in [-0.4, -0.2) is 21.6 Å². The van der Waals surface area contributed by atoms with Gasteiger partial charge in [-0.3, -0.25) is 0 Å². The Kier molecular flexibility index (Phi) is 3.03. The van der Waals surface area contributed by atoms with E-state index in [0.717, 1.165) is 4.34 Å². The van der Waals surface area contributed by atoms with E-state index in [1.165, 1.54) is 23.1 Å². The molecule has 0 radical (unpaired) electrons. The van der Waals surface area contributed by atoms with E-state index in [1.54, 1.807) is 0 Å². The van der Waals surface area contributed by atoms with Crippen molar-refractivity contribution in [2.45, 2.75) is 4.34 Å². The summed E-state index contributed by atoms with van der Waals surface area (Å²) in [4.78, 5) is 0. The van der Waals surface area contributed by atoms with Gasteiger partial charge in [-0.25, -0.2) is 0 Å². The zero-order chi connectivity index (χ0) is 8.27. The third kappa shape index (κ3) is 2.60. The zero-order valence-corrected chi connectivity index (χ0v) is 8.15. The summed E-state index contributed by atoms with van der Waals surface area (Å²) < 4.78 is 0.892. The number of nitrogens with one attached hydrogen (secondary N) is 1. The fourth-order valence-electron chi connectivity index (χ4n) is 0.448. The van der Waals surface area contributed by atoms with E-state index in [4.69, 9.17) is 5.73 Å². The minimum absolute atomic E-state index is 0.216. The Labute approximate surface area is 77.6 Å². The molecule has 0 aliphatic heterocycles. The molecule has 1 aromatic heterocycles. The Morgan fingerprint density at radius 1 is 1.73 bits per heavy atom. The van der Waals surface area contributed by atoms with Crippen LogP contribution in [0.3, 0.4) is 0 Å². The monoisotopic (exact) mass is 206 g/mol. The largest absolute Gasteiger partial charge is 0.376 e. The molecule has 0 spiro atoms. The van der Waals surface area contributed by atoms with Gasteiger partial charge in [0.1, 0.15) is 0 Å². The van der Waals surface area contributed by atoms with Crippen molar-refractivity contribution < 1.29 is 0 Å². The number of hydrogen-bond donors (Lipinski definition) is 2. The molecule has 0 unspecified atom stereocenters. The van der Waals surface area contributed by atoms with E-state index in [2.05, 4.69) is 27.7 Å². The summed E-state index contributed by atoms with van der Waals surface area (Å²) in [6, 6.07) is 0. The van der Waals surface area contributed by atoms with Crippen molar-refractivity contribution in [3.05, 3.63) is 0 Å². The highest BCUT2D eigenvalue weighted by Crippen LogP contribution is 2.22. The van der Waals surface area contributed by atoms with Gasteiger partial charge >= 0.3 is 0 Å². The summed E-state index contributed by atoms with van der Waals surface area (Å²) in [6.07, 6.45) is 1.94. The maximum Gasteiger partial charge on any atom is 0.212 e. The molecule has 3 N–H and O–H groups in total. The van der Waals surface area contributed by atoms with Gasteiger partial charge < -0.3 is 11.1 Å². The number of rotatable bonds is 2. The van der Waals surface area contributed by atoms with Gasteiger partial charge in [-0.15, -0.1) is 10.2 Å². The Balaban J connectivity index is 2.65. The molecule has 0 bridgehead atoms. The third-order valence-corrected chi connectivity index (χ3v) is 2.73. The molecular weight excluding hydrogens is 200 g/mol. The SMILES string of the molecule is CSc1nnc(NC(N)=S)s1. The summed E-state index contributed by atoms with van der Waals surface area (Å²) in [5.74, 6) is 0. The van der Waals surface area contributed by atoms with Gasteiger partial charge in [0.15, 0.2) is 9.45 Å². The second-order valence-electron chi connectivity index (χ2n) is 1.57. The van der Waals surface area contributed by atoms with E-state index in [1.807, 2.05) is 6.26 Å². The predicted molar refractivity (Wildman–Crippen MR) is 52.1 cm³/mol. The Morgan fingerprint density at radius 2 is 2.45 bits per heavy atom. The molecule has 4 nitrogen and oxygen atoms in total. The first-order chi connectivity index (χ1) is 5.22. The van der Waals surface area contributed by atoms with E-state index < -0.39 is 0 Å². The Hall–Kier alpha value is -0.400. The molecule has 0 amide bonds. The third-order valence-electron chi connectivity index (χ3n) is 0.811. The van der Waals surface area contributed by atoms with Crippen molar-refractivity contribution in [1.29, 1.82) is 0 Å². The fraction of sp³-hybridized carbons (Fsp3) is 0.250. The lowest BCUT2D eigenvalue weighted by Gasteiger charge is -1.93. The molecule has 11 heavy (non-hydrogen) atoms. The molecule has 60 valence electrons. The Bertz CT molecular complexity index is 258. The van der Waals surface area contributed by atoms with Crippen LogP contribution in [0, 0.1) is 0 Å². The Morgan fingerprint density at radius 3 is 2.91 bits per heavy atom. The molecule has 0 fully saturated rings. The highest BCUT2D eigenvalue weighted by atomic mass is 32.2. The summed E-state index contributed by atoms with van der Waals surface area (Å²) in [5, 5.41) is 11.2. The first-order valence-electron chi connectivity index (χ1n) is 2.66. The lowest BCUT2D eigenvalue weighted by atomic mass is 11.0. The zero-order valence-electron chi connectivity index (χ0n) is 5.70. The van der Waals surface area contributed by atoms with Crippen LogP contribution in [-0.2, 0) is 0 Å². The fourth-order valence-corrected chi connectivity index (χ4v) is 1.79. The van der Waals surface area contributed by atoms with Crippen LogP contribution < -0.4 is 11.1 Å². The molecule has 1 heterocycles. The second kappa shape index (κ2) is 3.84. The topological polar surface area (TPSA) is 63.8 Å². The van der Waals surface area contributed by atoms with Gasteiger partial charge in [-0.05, 0) is 18.5 Å². The predicted octanol–water partition coefficient (Wildman–Crippen LogP) is 0.916. The molecule has 1 rings (SSSR count). The number of anilines is 1. The van der Waals surface area contributed by atoms with Crippen molar-refractivity contribution in [2.75, 3.05) is 11.6 Å². The van der Waals surface area contributed by atoms with Crippen molar-refractivity contribution in [3.63, 3.8) is 0 Å². The first-order valence-corrected chi connectivity index (χ1v) is 5.11. The highest BCUT2D eigenvalue weighted by molar-refractivity contribution is 8.00. The molecule has 0 aromatic carbocycles. The van der Waals surface area contributed by atoms with Gasteiger partial charge in [-0.2, -0.15) is 0 Å². The minimum atomic E-state index is 0.216. The quantitative estimate of drug-likeness (QED) is 0.554. The number of nitrogens with zero attached hydrogens (tertiary/aromatic N) is 2. The maximum atomic E-state index is 5.23. The van der Waals surface area contributed by atoms with E-state index in [9.17, 15) is 0 Å². The number of hydrogen-bond acceptors (Lipinski definition) is 5. The average molecular weight is 206 g/mol. The molecule has 0 saturated heterocycles. The van der Waals surface area contributed by atoms with Crippen LogP contribution in [0.1, 0.15) is 0 Å². The first kappa shape index (κ1) is 8.69. The molecule has 7 heteroatoms. The van der Waals surface area contributed by atoms with Crippen LogP contribution in [0.5, 0.6) is 0 Å². The molecule has 0 saturated carbocycles. The van der Waals surface area contributed by atoms with E-state index >= 15 is 0 Å². The van der Waals surface area contributed by atoms with Crippen LogP contribution in [0.25, 0.3) is 0 Å². The van der Waals surface area contributed by atoms with Crippen LogP contribution in [0.4, 0.5) is 5.13 Å². The van der Waals surface area contributed by atoms with E-state index in [0.29, 0.717) is 5.13 Å². The molecule has 0 atom stereocenters. The van der Waals surface area contributed by atoms with Crippen molar-refractivity contribution in [1.82, 2.24) is 10.2 Å². The standard InChI is InChI=1S/C4H6N4S3/c1-10-4-8-7-3(11-4)6-2(5)9/h1H3,(H3,5,6,7,9). The number of thioether (sulfide) groups is 1. The number of aromatic nitrogens is 2. The molecule has 0 aliphatic carbocycles. The van der Waals surface area contributed by atoms with Gasteiger partial charge in [0.2, 0.25) is 5.13 Å². The van der Waals surface area contributed by atoms with Crippen molar-refractivity contribution >= 4 is 45.6 Å². The van der Waals surface area contributed by atoms with Gasteiger partial charge in [0.05, 0.1) is 0 Å². The second-order valence-corrected chi connectivity index (χ2v) is 4.04. The van der Waals surface area contributed by atoms with Crippen molar-refractivity contribution in [2.24, 2.45) is 5.73 Å². The normalized spacial score (nSPS) is 9.55. The van der Waals surface area contributed by atoms with Gasteiger partial charge in [0, 0.05) is 0 Å². The lowest BCUT2D eigenvalue weighted by Crippen LogP contribution is -2.18. The van der Waals surface area contributed by atoms with Crippen LogP contribution >= 0.6 is 35.3 Å². The van der Waals surface area contributed by atoms with Crippen molar-refractivity contribution in [3.8, 4) is 0 Å². The minimum Gasteiger partial charge on any atom is -0.376 e. The lowest BCUT2D eigenvalue weighted by molar-refractivity contribution is 1.02. The highest BCUT2D eigenvalue weighted by Gasteiger charge is 2.01. The summed E-state index contributed by atoms with van der Waals surface area (Å²) >= 11 is 7.58. The number of thiocarbonyl (C=S) groups is 1. The van der Waals surface area contributed by atoms with Gasteiger partial charge in [-0.1, -0.05) is 23.1 Å². The maximum absolute atomic E-state index is 5.23. The summed E-state index contributed by atoms with van der Waals surface area (Å²) in [6.45, 7) is 0. The van der Waals surface area contributed by atoms with E-state index in [-0.39, 0.29) is 5.11 Å². The summed E-state index contributed by atoms with van der Waals surface area (Å²) in [7, 11) is 0. The molecule has 1 aromatic rings. The number of nitrogens with two attached hydrogens (primary N) is 1. The van der Waals surface area contributed by atoms with Gasteiger partial charge in [0.25, 0.3) is 0 Å². The summed E-state index contributed by atoms with van der Waals surface area (Å²) in [5.41, 5.74) is 5.23. The average Bonchev–Trinajstić information content (AvgIpc) is 2.34. The smallest absolute Gasteiger partial charge is 0.212 e. The van der Waals surface area contributed by atoms with Crippen LogP contribution in [0.2, 0.25) is 0 Å². The molecular formula is C4H6N4S3.